The van der Waals surface area contributed by atoms with E-state index in [0.29, 0.717) is 5.92 Å². The van der Waals surface area contributed by atoms with Gasteiger partial charge in [0.15, 0.2) is 0 Å². The van der Waals surface area contributed by atoms with Crippen molar-refractivity contribution in [2.24, 2.45) is 5.92 Å². The van der Waals surface area contributed by atoms with Crippen LogP contribution in [0.5, 0.6) is 0 Å². The Labute approximate surface area is 201 Å². The Bertz CT molecular complexity index is 965. The Kier molecular flexibility index (Phi) is 8.17. The lowest BCUT2D eigenvalue weighted by Crippen LogP contribution is -2.34. The van der Waals surface area contributed by atoms with E-state index < -0.39 is 5.97 Å². The Hall–Kier alpha value is -1.86. The molecule has 7 heteroatoms. The van der Waals surface area contributed by atoms with E-state index >= 15 is 0 Å². The number of rotatable bonds is 7. The first-order chi connectivity index (χ1) is 14.7. The first-order valence-corrected chi connectivity index (χ1v) is 12.2. The highest BCUT2D eigenvalue weighted by Gasteiger charge is 2.22. The molecule has 2 aromatic rings. The number of aliphatic carboxylic acids is 1. The second kappa shape index (κ2) is 10.6. The molecule has 31 heavy (non-hydrogen) atoms. The van der Waals surface area contributed by atoms with Crippen molar-refractivity contribution >= 4 is 55.0 Å². The number of halogens is 2. The second-order valence-electron chi connectivity index (χ2n) is 8.36. The molecule has 1 aliphatic rings. The molecule has 3 rings (SSSR count). The summed E-state index contributed by atoms with van der Waals surface area (Å²) in [4.78, 5) is 20.2. The Morgan fingerprint density at radius 1 is 1.23 bits per heavy atom. The summed E-state index contributed by atoms with van der Waals surface area (Å²) in [6.07, 6.45) is 5.20. The van der Waals surface area contributed by atoms with Gasteiger partial charge in [-0.15, -0.1) is 0 Å². The third-order valence-electron chi connectivity index (χ3n) is 5.47. The fourth-order valence-electron chi connectivity index (χ4n) is 3.94. The quantitative estimate of drug-likeness (QED) is 0.400. The molecule has 1 aromatic carbocycles. The normalized spacial score (nSPS) is 14.4. The molecule has 0 saturated carbocycles. The van der Waals surface area contributed by atoms with Crippen molar-refractivity contribution in [1.82, 2.24) is 4.98 Å². The number of anilines is 3. The number of pyridine rings is 1. The maximum atomic E-state index is 10.9. The fourth-order valence-corrected chi connectivity index (χ4v) is 5.18. The number of carbonyl (C=O) groups is 1. The summed E-state index contributed by atoms with van der Waals surface area (Å²) in [7, 11) is 0. The van der Waals surface area contributed by atoms with Gasteiger partial charge in [0.1, 0.15) is 5.82 Å². The Balaban J connectivity index is 1.86. The first-order valence-electron chi connectivity index (χ1n) is 10.6. The molecule has 0 amide bonds. The van der Waals surface area contributed by atoms with Crippen LogP contribution < -0.4 is 9.80 Å². The van der Waals surface area contributed by atoms with Crippen LogP contribution in [0.15, 0.2) is 51.1 Å². The zero-order valence-electron chi connectivity index (χ0n) is 18.2. The third kappa shape index (κ3) is 6.56. The SMILES string of the molecule is CC(C)=CN(c1cc(N2CCC(CCC(=O)O)CC2)cc(C)n1)c1ccc(Br)cc1Br. The van der Waals surface area contributed by atoms with Crippen molar-refractivity contribution < 1.29 is 9.90 Å². The number of aromatic nitrogens is 1. The molecule has 166 valence electrons. The van der Waals surface area contributed by atoms with Gasteiger partial charge in [-0.05, 0) is 86.1 Å². The molecule has 1 aliphatic heterocycles. The number of carboxylic acids is 1. The highest BCUT2D eigenvalue weighted by atomic mass is 79.9. The van der Waals surface area contributed by atoms with E-state index in [4.69, 9.17) is 10.1 Å². The van der Waals surface area contributed by atoms with Gasteiger partial charge in [0.05, 0.1) is 5.69 Å². The van der Waals surface area contributed by atoms with Crippen LogP contribution in [0.25, 0.3) is 0 Å². The van der Waals surface area contributed by atoms with E-state index in [1.165, 1.54) is 11.3 Å². The number of piperidine rings is 1. The van der Waals surface area contributed by atoms with E-state index in [9.17, 15) is 4.79 Å². The molecule has 0 bridgehead atoms. The van der Waals surface area contributed by atoms with Gasteiger partial charge < -0.3 is 14.9 Å². The number of benzene rings is 1. The number of hydrogen-bond donors (Lipinski definition) is 1. The lowest BCUT2D eigenvalue weighted by molar-refractivity contribution is -0.137. The van der Waals surface area contributed by atoms with Gasteiger partial charge in [0, 0.05) is 52.1 Å². The van der Waals surface area contributed by atoms with Crippen molar-refractivity contribution in [3.63, 3.8) is 0 Å². The molecule has 0 unspecified atom stereocenters. The minimum absolute atomic E-state index is 0.267. The van der Waals surface area contributed by atoms with E-state index in [1.807, 2.05) is 19.1 Å². The molecule has 2 heterocycles. The van der Waals surface area contributed by atoms with Crippen molar-refractivity contribution in [3.8, 4) is 0 Å². The van der Waals surface area contributed by atoms with Crippen LogP contribution in [-0.4, -0.2) is 29.1 Å². The molecular formula is C24H29Br2N3O2. The van der Waals surface area contributed by atoms with Gasteiger partial charge >= 0.3 is 5.97 Å². The molecule has 1 aromatic heterocycles. The molecule has 0 radical (unpaired) electrons. The van der Waals surface area contributed by atoms with Gasteiger partial charge in [-0.2, -0.15) is 0 Å². The van der Waals surface area contributed by atoms with Crippen LogP contribution in [0.3, 0.4) is 0 Å². The van der Waals surface area contributed by atoms with Crippen LogP contribution in [-0.2, 0) is 4.79 Å². The largest absolute Gasteiger partial charge is 0.481 e. The van der Waals surface area contributed by atoms with Crippen molar-refractivity contribution in [2.45, 2.75) is 46.5 Å². The molecular weight excluding hydrogens is 522 g/mol. The predicted octanol–water partition coefficient (Wildman–Crippen LogP) is 7.06. The maximum absolute atomic E-state index is 10.9. The number of nitrogens with zero attached hydrogens (tertiary/aromatic N) is 3. The van der Waals surface area contributed by atoms with Crippen molar-refractivity contribution in [3.05, 3.63) is 56.7 Å². The van der Waals surface area contributed by atoms with Crippen LogP contribution >= 0.6 is 31.9 Å². The van der Waals surface area contributed by atoms with Crippen LogP contribution in [0.1, 0.15) is 45.2 Å². The maximum Gasteiger partial charge on any atom is 0.303 e. The molecule has 0 spiro atoms. The number of aryl methyl sites for hydroxylation is 1. The first kappa shape index (κ1) is 23.8. The summed E-state index contributed by atoms with van der Waals surface area (Å²) in [6, 6.07) is 10.4. The standard InChI is InChI=1S/C24H29Br2N3O2/c1-16(2)15-29(22-6-5-19(25)13-21(22)26)23-14-20(12-17(3)27-23)28-10-8-18(9-11-28)4-7-24(30)31/h5-6,12-15,18H,4,7-11H2,1-3H3,(H,30,31). The highest BCUT2D eigenvalue weighted by Crippen LogP contribution is 2.36. The molecule has 1 saturated heterocycles. The summed E-state index contributed by atoms with van der Waals surface area (Å²) in [5.74, 6) is 0.679. The lowest BCUT2D eigenvalue weighted by atomic mass is 9.92. The van der Waals surface area contributed by atoms with Gasteiger partial charge in [0.25, 0.3) is 0 Å². The van der Waals surface area contributed by atoms with Gasteiger partial charge in [-0.1, -0.05) is 21.5 Å². The highest BCUT2D eigenvalue weighted by molar-refractivity contribution is 9.11. The predicted molar refractivity (Wildman–Crippen MR) is 134 cm³/mol. The van der Waals surface area contributed by atoms with E-state index in [2.05, 4.69) is 79.9 Å². The van der Waals surface area contributed by atoms with Crippen LogP contribution in [0.4, 0.5) is 17.2 Å². The Morgan fingerprint density at radius 2 is 1.94 bits per heavy atom. The van der Waals surface area contributed by atoms with E-state index in [1.54, 1.807) is 0 Å². The summed E-state index contributed by atoms with van der Waals surface area (Å²) in [5, 5.41) is 8.95. The van der Waals surface area contributed by atoms with Gasteiger partial charge in [-0.25, -0.2) is 4.98 Å². The van der Waals surface area contributed by atoms with Crippen LogP contribution in [0.2, 0.25) is 0 Å². The lowest BCUT2D eigenvalue weighted by Gasteiger charge is -2.34. The number of carboxylic acid groups (broad SMARTS) is 1. The number of hydrogen-bond acceptors (Lipinski definition) is 4. The third-order valence-corrected chi connectivity index (χ3v) is 6.60. The molecule has 1 N–H and O–H groups in total. The average Bonchev–Trinajstić information content (AvgIpc) is 2.70. The van der Waals surface area contributed by atoms with Gasteiger partial charge in [-0.3, -0.25) is 4.79 Å². The Morgan fingerprint density at radius 3 is 2.55 bits per heavy atom. The molecule has 5 nitrogen and oxygen atoms in total. The summed E-state index contributed by atoms with van der Waals surface area (Å²) in [6.45, 7) is 8.08. The van der Waals surface area contributed by atoms with Gasteiger partial charge in [0.2, 0.25) is 0 Å². The summed E-state index contributed by atoms with van der Waals surface area (Å²) >= 11 is 7.23. The van der Waals surface area contributed by atoms with E-state index in [-0.39, 0.29) is 6.42 Å². The topological polar surface area (TPSA) is 56.7 Å². The average molecular weight is 551 g/mol. The molecule has 1 fully saturated rings. The zero-order chi connectivity index (χ0) is 22.5. The number of allylic oxidation sites excluding steroid dienone is 1. The summed E-state index contributed by atoms with van der Waals surface area (Å²) in [5.41, 5.74) is 4.35. The summed E-state index contributed by atoms with van der Waals surface area (Å²) < 4.78 is 2.01. The van der Waals surface area contributed by atoms with E-state index in [0.717, 1.165) is 58.5 Å². The second-order valence-corrected chi connectivity index (χ2v) is 10.1. The molecule has 0 atom stereocenters. The molecule has 0 aliphatic carbocycles. The fraction of sp³-hybridized carbons (Fsp3) is 0.417. The minimum Gasteiger partial charge on any atom is -0.481 e. The van der Waals surface area contributed by atoms with Crippen molar-refractivity contribution in [2.75, 3.05) is 22.9 Å². The van der Waals surface area contributed by atoms with Crippen LogP contribution in [0, 0.1) is 12.8 Å². The minimum atomic E-state index is -0.699. The smallest absolute Gasteiger partial charge is 0.303 e. The monoisotopic (exact) mass is 549 g/mol. The zero-order valence-corrected chi connectivity index (χ0v) is 21.4. The van der Waals surface area contributed by atoms with Crippen molar-refractivity contribution in [1.29, 1.82) is 0 Å².